The van der Waals surface area contributed by atoms with E-state index in [-0.39, 0.29) is 30.3 Å². The van der Waals surface area contributed by atoms with Crippen molar-refractivity contribution in [1.82, 2.24) is 10.3 Å². The molecule has 6 rings (SSSR count). The van der Waals surface area contributed by atoms with Gasteiger partial charge in [0.15, 0.2) is 6.29 Å². The largest absolute Gasteiger partial charge is 0.478 e. The van der Waals surface area contributed by atoms with Gasteiger partial charge in [-0.2, -0.15) is 0 Å². The summed E-state index contributed by atoms with van der Waals surface area (Å²) < 4.78 is 13.0. The summed E-state index contributed by atoms with van der Waals surface area (Å²) in [5, 5.41) is 22.2. The van der Waals surface area contributed by atoms with E-state index in [0.717, 1.165) is 33.4 Å². The Morgan fingerprint density at radius 2 is 1.60 bits per heavy atom. The number of aliphatic hydroxyl groups excluding tert-OH is 1. The van der Waals surface area contributed by atoms with Gasteiger partial charge in [-0.1, -0.05) is 84.9 Å². The lowest BCUT2D eigenvalue weighted by Crippen LogP contribution is -2.31. The van der Waals surface area contributed by atoms with Crippen molar-refractivity contribution in [3.8, 4) is 11.1 Å². The Kier molecular flexibility index (Phi) is 10.4. The molecule has 0 radical (unpaired) electrons. The zero-order valence-corrected chi connectivity index (χ0v) is 26.3. The molecule has 0 saturated carbocycles. The van der Waals surface area contributed by atoms with E-state index in [4.69, 9.17) is 9.47 Å². The molecule has 0 aliphatic carbocycles. The van der Waals surface area contributed by atoms with Crippen LogP contribution in [-0.4, -0.2) is 38.9 Å². The Balaban J connectivity index is 1.20. The maximum absolute atomic E-state index is 12.6. The van der Waals surface area contributed by atoms with Crippen LogP contribution in [0.4, 0.5) is 0 Å². The minimum Gasteiger partial charge on any atom is -0.478 e. The third kappa shape index (κ3) is 7.96. The fourth-order valence-corrected chi connectivity index (χ4v) is 6.59. The van der Waals surface area contributed by atoms with Crippen molar-refractivity contribution in [2.24, 2.45) is 0 Å². The number of nitrogens with one attached hydrogen (secondary N) is 1. The normalized spacial score (nSPS) is 17.6. The van der Waals surface area contributed by atoms with Gasteiger partial charge in [0.05, 0.1) is 29.9 Å². The Bertz CT molecular complexity index is 1820. The summed E-state index contributed by atoms with van der Waals surface area (Å²) in [5.41, 5.74) is 6.41. The Hall–Kier alpha value is -4.80. The summed E-state index contributed by atoms with van der Waals surface area (Å²) in [7, 11) is 0. The van der Waals surface area contributed by atoms with E-state index in [0.29, 0.717) is 29.2 Å². The van der Waals surface area contributed by atoms with Gasteiger partial charge < -0.3 is 25.0 Å². The quantitative estimate of drug-likeness (QED) is 0.129. The van der Waals surface area contributed by atoms with Gasteiger partial charge in [0.25, 0.3) is 5.91 Å². The van der Waals surface area contributed by atoms with Crippen molar-refractivity contribution in [1.29, 1.82) is 0 Å². The Morgan fingerprint density at radius 3 is 2.34 bits per heavy atom. The van der Waals surface area contributed by atoms with Crippen molar-refractivity contribution in [3.63, 3.8) is 0 Å². The maximum atomic E-state index is 12.6. The second kappa shape index (κ2) is 15.2. The third-order valence-electron chi connectivity index (χ3n) is 8.03. The third-order valence-corrected chi connectivity index (χ3v) is 9.24. The lowest BCUT2D eigenvalue weighted by Gasteiger charge is -2.36. The summed E-state index contributed by atoms with van der Waals surface area (Å²) >= 11 is 1.46. The summed E-state index contributed by atoms with van der Waals surface area (Å²) in [6, 6.07) is 34.2. The van der Waals surface area contributed by atoms with Crippen molar-refractivity contribution >= 4 is 23.6 Å². The lowest BCUT2D eigenvalue weighted by molar-refractivity contribution is -0.245. The number of nitrogens with zero attached hydrogens (tertiary/aromatic N) is 1. The average Bonchev–Trinajstić information content (AvgIpc) is 3.13. The van der Waals surface area contributed by atoms with Gasteiger partial charge in [0.1, 0.15) is 0 Å². The van der Waals surface area contributed by atoms with Crippen molar-refractivity contribution in [2.75, 3.05) is 5.75 Å². The number of thioether (sulfide) groups is 1. The predicted octanol–water partition coefficient (Wildman–Crippen LogP) is 7.21. The fourth-order valence-electron chi connectivity index (χ4n) is 5.53. The second-order valence-electron chi connectivity index (χ2n) is 11.2. The Morgan fingerprint density at radius 1 is 0.851 bits per heavy atom. The number of rotatable bonds is 11. The number of carbonyl (C=O) groups excluding carboxylic acids is 1. The monoisotopic (exact) mass is 646 g/mol. The molecule has 0 spiro atoms. The first kappa shape index (κ1) is 32.2. The van der Waals surface area contributed by atoms with E-state index in [1.54, 1.807) is 36.7 Å². The topological polar surface area (TPSA) is 118 Å². The first-order valence-corrected chi connectivity index (χ1v) is 16.3. The molecule has 3 atom stereocenters. The van der Waals surface area contributed by atoms with Crippen molar-refractivity contribution in [3.05, 3.63) is 155 Å². The standard InChI is InChI=1S/C38H34N2O6S/c41-23-25-11-13-27(14-12-25)34-20-31(24-47-35-10-4-3-9-33(35)37(43)44)45-38(46-34)28-17-15-26(16-18-28)32-8-2-1-6-29(32)22-40-36(42)30-7-5-19-39-21-30/h1-19,21,31,34,38,41H,20,22-24H2,(H,40,42)(H,43,44)/t31-,34+,38+/m1/s1. The van der Waals surface area contributed by atoms with E-state index in [9.17, 15) is 19.8 Å². The molecule has 47 heavy (non-hydrogen) atoms. The first-order chi connectivity index (χ1) is 23.0. The molecule has 1 saturated heterocycles. The van der Waals surface area contributed by atoms with Crippen LogP contribution in [0, 0.1) is 0 Å². The van der Waals surface area contributed by atoms with Crippen LogP contribution >= 0.6 is 11.8 Å². The minimum absolute atomic E-state index is 0.0356. The van der Waals surface area contributed by atoms with E-state index in [1.807, 2.05) is 84.9 Å². The number of aromatic carboxylic acids is 1. The minimum atomic E-state index is -0.960. The van der Waals surface area contributed by atoms with Crippen LogP contribution in [0.3, 0.4) is 0 Å². The molecule has 1 fully saturated rings. The fraction of sp³-hybridized carbons (Fsp3) is 0.184. The molecule has 3 N–H and O–H groups in total. The number of ether oxygens (including phenoxy) is 2. The van der Waals surface area contributed by atoms with Gasteiger partial charge in [-0.25, -0.2) is 4.79 Å². The second-order valence-corrected chi connectivity index (χ2v) is 12.2. The molecular formula is C38H34N2O6S. The molecular weight excluding hydrogens is 612 g/mol. The number of carboxylic acids is 1. The number of aromatic nitrogens is 1. The molecule has 2 heterocycles. The summed E-state index contributed by atoms with van der Waals surface area (Å²) in [5.74, 6) is -0.598. The Labute approximate surface area is 277 Å². The number of benzene rings is 4. The molecule has 0 bridgehead atoms. The zero-order chi connectivity index (χ0) is 32.6. The molecule has 1 aromatic heterocycles. The van der Waals surface area contributed by atoms with Crippen LogP contribution in [0.25, 0.3) is 11.1 Å². The highest BCUT2D eigenvalue weighted by Crippen LogP contribution is 2.40. The first-order valence-electron chi connectivity index (χ1n) is 15.3. The van der Waals surface area contributed by atoms with E-state index < -0.39 is 12.3 Å². The van der Waals surface area contributed by atoms with Crippen LogP contribution in [0.15, 0.2) is 126 Å². The number of amides is 1. The van der Waals surface area contributed by atoms with E-state index in [1.165, 1.54) is 11.8 Å². The predicted molar refractivity (Wildman–Crippen MR) is 180 cm³/mol. The maximum Gasteiger partial charge on any atom is 0.336 e. The van der Waals surface area contributed by atoms with Gasteiger partial charge in [-0.05, 0) is 52.1 Å². The smallest absolute Gasteiger partial charge is 0.336 e. The van der Waals surface area contributed by atoms with E-state index >= 15 is 0 Å². The summed E-state index contributed by atoms with van der Waals surface area (Å²) in [6.07, 6.45) is 2.65. The summed E-state index contributed by atoms with van der Waals surface area (Å²) in [6.45, 7) is 0.327. The van der Waals surface area contributed by atoms with Gasteiger partial charge in [-0.3, -0.25) is 9.78 Å². The molecule has 0 unspecified atom stereocenters. The number of hydrogen-bond acceptors (Lipinski definition) is 7. The van der Waals surface area contributed by atoms with Crippen LogP contribution < -0.4 is 5.32 Å². The highest BCUT2D eigenvalue weighted by atomic mass is 32.2. The van der Waals surface area contributed by atoms with Crippen LogP contribution in [0.2, 0.25) is 0 Å². The number of carbonyl (C=O) groups is 2. The molecule has 4 aromatic carbocycles. The van der Waals surface area contributed by atoms with Crippen LogP contribution in [-0.2, 0) is 22.6 Å². The average molecular weight is 647 g/mol. The van der Waals surface area contributed by atoms with Gasteiger partial charge in [0, 0.05) is 41.6 Å². The zero-order valence-electron chi connectivity index (χ0n) is 25.5. The molecule has 8 nitrogen and oxygen atoms in total. The number of pyridine rings is 1. The highest BCUT2D eigenvalue weighted by molar-refractivity contribution is 7.99. The number of aliphatic hydroxyl groups is 1. The molecule has 1 aliphatic heterocycles. The molecule has 9 heteroatoms. The van der Waals surface area contributed by atoms with Crippen molar-refractivity contribution < 1.29 is 29.3 Å². The molecule has 238 valence electrons. The van der Waals surface area contributed by atoms with E-state index in [2.05, 4.69) is 10.3 Å². The number of carboxylic acid groups (broad SMARTS) is 1. The lowest BCUT2D eigenvalue weighted by atomic mass is 9.97. The number of hydrogen-bond donors (Lipinski definition) is 3. The van der Waals surface area contributed by atoms with Crippen LogP contribution in [0.5, 0.6) is 0 Å². The van der Waals surface area contributed by atoms with Crippen molar-refractivity contribution in [2.45, 2.75) is 43.0 Å². The van der Waals surface area contributed by atoms with Gasteiger partial charge in [0.2, 0.25) is 0 Å². The SMILES string of the molecule is O=C(NCc1ccccc1-c1ccc([C@H]2O[C@@H](CSc3ccccc3C(=O)O)C[C@@H](c3ccc(CO)cc3)O2)cc1)c1cccnc1. The van der Waals surface area contributed by atoms with Gasteiger partial charge in [-0.15, -0.1) is 11.8 Å². The highest BCUT2D eigenvalue weighted by Gasteiger charge is 2.32. The van der Waals surface area contributed by atoms with Gasteiger partial charge >= 0.3 is 5.97 Å². The molecule has 1 aliphatic rings. The molecule has 5 aromatic rings. The summed E-state index contributed by atoms with van der Waals surface area (Å²) in [4.78, 5) is 29.1. The van der Waals surface area contributed by atoms with Crippen LogP contribution in [0.1, 0.15) is 61.8 Å². The molecule has 1 amide bonds.